The number of benzene rings is 2. The van der Waals surface area contributed by atoms with Crippen LogP contribution in [-0.4, -0.2) is 12.4 Å². The zero-order valence-corrected chi connectivity index (χ0v) is 13.4. The lowest BCUT2D eigenvalue weighted by Gasteiger charge is -2.11. The van der Waals surface area contributed by atoms with E-state index in [0.717, 1.165) is 22.1 Å². The number of rotatable bonds is 3. The molecule has 0 saturated carbocycles. The second kappa shape index (κ2) is 5.18. The van der Waals surface area contributed by atoms with Gasteiger partial charge in [0, 0.05) is 17.3 Å². The van der Waals surface area contributed by atoms with E-state index >= 15 is 0 Å². The van der Waals surface area contributed by atoms with Gasteiger partial charge in [-0.05, 0) is 36.6 Å². The Labute approximate surface area is 130 Å². The fourth-order valence-electron chi connectivity index (χ4n) is 2.79. The number of nitrogens with two attached hydrogens (primary N) is 1. The maximum atomic E-state index is 12.7. The molecule has 0 unspecified atom stereocenters. The van der Waals surface area contributed by atoms with Crippen molar-refractivity contribution >= 4 is 26.6 Å². The quantitative estimate of drug-likeness (QED) is 0.755. The molecule has 1 heterocycles. The van der Waals surface area contributed by atoms with Crippen molar-refractivity contribution in [3.8, 4) is 0 Å². The number of aryl methyl sites for hydroxylation is 2. The van der Waals surface area contributed by atoms with Gasteiger partial charge in [-0.3, -0.25) is 0 Å². The molecule has 4 nitrogen and oxygen atoms in total. The number of nitrogen functional groups attached to an aromatic ring is 1. The molecule has 0 aliphatic heterocycles. The predicted molar refractivity (Wildman–Crippen MR) is 90.3 cm³/mol. The van der Waals surface area contributed by atoms with Crippen molar-refractivity contribution in [2.75, 3.05) is 5.73 Å². The lowest BCUT2D eigenvalue weighted by Crippen LogP contribution is -2.14. The molecule has 3 rings (SSSR count). The van der Waals surface area contributed by atoms with Crippen LogP contribution in [-0.2, 0) is 15.8 Å². The minimum absolute atomic E-state index is 0.0369. The van der Waals surface area contributed by atoms with Gasteiger partial charge in [0.25, 0.3) is 0 Å². The number of hydrogen-bond donors (Lipinski definition) is 1. The molecule has 0 spiro atoms. The standard InChI is InChI=1S/C17H18N2O2S/c1-12-10-13(2)17-15(16(12)18)8-9-19(17)22(20,21)11-14-6-4-3-5-7-14/h3-10H,11,18H2,1-2H3. The first-order valence-corrected chi connectivity index (χ1v) is 8.65. The van der Waals surface area contributed by atoms with Crippen LogP contribution in [0.2, 0.25) is 0 Å². The third kappa shape index (κ3) is 2.37. The molecule has 0 saturated heterocycles. The average molecular weight is 314 g/mol. The zero-order chi connectivity index (χ0) is 15.9. The summed E-state index contributed by atoms with van der Waals surface area (Å²) < 4.78 is 26.8. The van der Waals surface area contributed by atoms with Gasteiger partial charge in [-0.15, -0.1) is 0 Å². The van der Waals surface area contributed by atoms with Crippen molar-refractivity contribution < 1.29 is 8.42 Å². The molecule has 0 fully saturated rings. The summed E-state index contributed by atoms with van der Waals surface area (Å²) in [6.07, 6.45) is 1.59. The Morgan fingerprint density at radius 3 is 2.41 bits per heavy atom. The van der Waals surface area contributed by atoms with Crippen LogP contribution in [0.4, 0.5) is 5.69 Å². The summed E-state index contributed by atoms with van der Waals surface area (Å²) >= 11 is 0. The molecule has 5 heteroatoms. The molecule has 114 valence electrons. The van der Waals surface area contributed by atoms with Crippen LogP contribution in [0.3, 0.4) is 0 Å². The summed E-state index contributed by atoms with van der Waals surface area (Å²) in [4.78, 5) is 0. The van der Waals surface area contributed by atoms with E-state index in [1.165, 1.54) is 3.97 Å². The van der Waals surface area contributed by atoms with E-state index < -0.39 is 10.0 Å². The van der Waals surface area contributed by atoms with E-state index in [-0.39, 0.29) is 5.75 Å². The first-order chi connectivity index (χ1) is 10.4. The van der Waals surface area contributed by atoms with Crippen molar-refractivity contribution in [3.63, 3.8) is 0 Å². The summed E-state index contributed by atoms with van der Waals surface area (Å²) in [5.41, 5.74) is 10.0. The second-order valence-electron chi connectivity index (χ2n) is 5.54. The van der Waals surface area contributed by atoms with Crippen molar-refractivity contribution in [2.24, 2.45) is 0 Å². The monoisotopic (exact) mass is 314 g/mol. The molecule has 0 atom stereocenters. The maximum absolute atomic E-state index is 12.7. The number of anilines is 1. The van der Waals surface area contributed by atoms with E-state index in [2.05, 4.69) is 0 Å². The van der Waals surface area contributed by atoms with Gasteiger partial charge >= 0.3 is 0 Å². The number of aromatic nitrogens is 1. The van der Waals surface area contributed by atoms with E-state index in [4.69, 9.17) is 5.73 Å². The van der Waals surface area contributed by atoms with Crippen molar-refractivity contribution in [2.45, 2.75) is 19.6 Å². The average Bonchev–Trinajstić information content (AvgIpc) is 2.92. The smallest absolute Gasteiger partial charge is 0.243 e. The summed E-state index contributed by atoms with van der Waals surface area (Å²) in [6, 6.07) is 12.9. The van der Waals surface area contributed by atoms with Crippen molar-refractivity contribution in [3.05, 3.63) is 65.4 Å². The fraction of sp³-hybridized carbons (Fsp3) is 0.176. The highest BCUT2D eigenvalue weighted by Gasteiger charge is 2.19. The van der Waals surface area contributed by atoms with Crippen LogP contribution in [0, 0.1) is 13.8 Å². The third-order valence-electron chi connectivity index (χ3n) is 3.87. The molecular weight excluding hydrogens is 296 g/mol. The van der Waals surface area contributed by atoms with Gasteiger partial charge in [0.1, 0.15) is 0 Å². The minimum Gasteiger partial charge on any atom is -0.398 e. The van der Waals surface area contributed by atoms with Gasteiger partial charge in [-0.2, -0.15) is 0 Å². The molecule has 0 radical (unpaired) electrons. The molecule has 2 aromatic carbocycles. The molecule has 0 amide bonds. The largest absolute Gasteiger partial charge is 0.398 e. The SMILES string of the molecule is Cc1cc(C)c2c(ccn2S(=O)(=O)Cc2ccccc2)c1N. The van der Waals surface area contributed by atoms with Crippen LogP contribution >= 0.6 is 0 Å². The summed E-state index contributed by atoms with van der Waals surface area (Å²) in [5.74, 6) is -0.0369. The highest BCUT2D eigenvalue weighted by molar-refractivity contribution is 7.89. The number of hydrogen-bond acceptors (Lipinski definition) is 3. The van der Waals surface area contributed by atoms with Gasteiger partial charge in [-0.25, -0.2) is 12.4 Å². The second-order valence-corrected chi connectivity index (χ2v) is 7.39. The first kappa shape index (κ1) is 14.7. The number of nitrogens with zero attached hydrogens (tertiary/aromatic N) is 1. The molecule has 1 aromatic heterocycles. The third-order valence-corrected chi connectivity index (χ3v) is 5.47. The molecule has 0 bridgehead atoms. The lowest BCUT2D eigenvalue weighted by molar-refractivity contribution is 0.588. The maximum Gasteiger partial charge on any atom is 0.243 e. The van der Waals surface area contributed by atoms with E-state index in [1.54, 1.807) is 12.3 Å². The zero-order valence-electron chi connectivity index (χ0n) is 12.6. The Kier molecular flexibility index (Phi) is 3.45. The highest BCUT2D eigenvalue weighted by atomic mass is 32.2. The minimum atomic E-state index is -3.49. The normalized spacial score (nSPS) is 11.9. The molecule has 0 aliphatic rings. The van der Waals surface area contributed by atoms with Crippen LogP contribution in [0.1, 0.15) is 16.7 Å². The van der Waals surface area contributed by atoms with Crippen LogP contribution in [0.15, 0.2) is 48.7 Å². The van der Waals surface area contributed by atoms with E-state index in [0.29, 0.717) is 11.2 Å². The topological polar surface area (TPSA) is 65.1 Å². The van der Waals surface area contributed by atoms with Gasteiger partial charge < -0.3 is 5.73 Å². The van der Waals surface area contributed by atoms with Crippen LogP contribution in [0.25, 0.3) is 10.9 Å². The molecule has 0 aliphatic carbocycles. The van der Waals surface area contributed by atoms with Gasteiger partial charge in [-0.1, -0.05) is 36.4 Å². The Balaban J connectivity index is 2.16. The lowest BCUT2D eigenvalue weighted by atomic mass is 10.1. The molecule has 2 N–H and O–H groups in total. The van der Waals surface area contributed by atoms with E-state index in [1.807, 2.05) is 50.2 Å². The Morgan fingerprint density at radius 2 is 1.73 bits per heavy atom. The van der Waals surface area contributed by atoms with Gasteiger partial charge in [0.05, 0.1) is 11.3 Å². The predicted octanol–water partition coefficient (Wildman–Crippen LogP) is 3.22. The van der Waals surface area contributed by atoms with Gasteiger partial charge in [0.15, 0.2) is 0 Å². The van der Waals surface area contributed by atoms with Gasteiger partial charge in [0.2, 0.25) is 10.0 Å². The van der Waals surface area contributed by atoms with E-state index in [9.17, 15) is 8.42 Å². The fourth-order valence-corrected chi connectivity index (χ4v) is 4.31. The summed E-state index contributed by atoms with van der Waals surface area (Å²) in [7, 11) is -3.49. The van der Waals surface area contributed by atoms with Crippen molar-refractivity contribution in [1.29, 1.82) is 0 Å². The molecular formula is C17H18N2O2S. The Morgan fingerprint density at radius 1 is 1.05 bits per heavy atom. The van der Waals surface area contributed by atoms with Crippen LogP contribution in [0.5, 0.6) is 0 Å². The number of fused-ring (bicyclic) bond motifs is 1. The molecule has 22 heavy (non-hydrogen) atoms. The Hall–Kier alpha value is -2.27. The summed E-state index contributed by atoms with van der Waals surface area (Å²) in [5, 5.41) is 0.786. The highest BCUT2D eigenvalue weighted by Crippen LogP contribution is 2.30. The van der Waals surface area contributed by atoms with Crippen molar-refractivity contribution in [1.82, 2.24) is 3.97 Å². The first-order valence-electron chi connectivity index (χ1n) is 7.04. The van der Waals surface area contributed by atoms with Crippen LogP contribution < -0.4 is 5.73 Å². The molecule has 3 aromatic rings. The Bertz CT molecular complexity index is 942. The summed E-state index contributed by atoms with van der Waals surface area (Å²) in [6.45, 7) is 3.83.